The Bertz CT molecular complexity index is 1240. The Morgan fingerprint density at radius 1 is 1.17 bits per heavy atom. The molecule has 4 aromatic rings. The summed E-state index contributed by atoms with van der Waals surface area (Å²) in [5.74, 6) is 0.783. The van der Waals surface area contributed by atoms with Crippen molar-refractivity contribution in [3.8, 4) is 5.75 Å². The number of carbonyl (C=O) groups excluding carboxylic acids is 1. The predicted octanol–water partition coefficient (Wildman–Crippen LogP) is 3.69. The van der Waals surface area contributed by atoms with E-state index in [1.165, 1.54) is 6.07 Å². The van der Waals surface area contributed by atoms with Crippen LogP contribution in [0.1, 0.15) is 5.56 Å². The number of pyridine rings is 1. The van der Waals surface area contributed by atoms with E-state index in [9.17, 15) is 9.18 Å². The summed E-state index contributed by atoms with van der Waals surface area (Å²) in [4.78, 5) is 15.8. The van der Waals surface area contributed by atoms with E-state index in [0.717, 1.165) is 16.6 Å². The summed E-state index contributed by atoms with van der Waals surface area (Å²) in [5, 5.41) is 11.2. The van der Waals surface area contributed by atoms with Gasteiger partial charge in [0.15, 0.2) is 6.61 Å². The van der Waals surface area contributed by atoms with Crippen molar-refractivity contribution in [2.24, 2.45) is 0 Å². The standard InChI is InChI=1S/C21H16FN5O2/c22-16-4-2-1-3-13(16)11-27-18-8-20(23-9-14(18)10-24-27)25-15-5-6-17-19(7-15)29-12-21(28)26-17/h1-10H,11-12H2,(H,23,25)(H,26,28). The molecule has 0 fully saturated rings. The summed E-state index contributed by atoms with van der Waals surface area (Å²) in [5.41, 5.74) is 2.81. The van der Waals surface area contributed by atoms with Crippen molar-refractivity contribution in [3.63, 3.8) is 0 Å². The second-order valence-electron chi connectivity index (χ2n) is 6.69. The number of fused-ring (bicyclic) bond motifs is 2. The first-order chi connectivity index (χ1) is 14.2. The first-order valence-corrected chi connectivity index (χ1v) is 9.04. The van der Waals surface area contributed by atoms with Crippen molar-refractivity contribution in [2.45, 2.75) is 6.54 Å². The van der Waals surface area contributed by atoms with E-state index in [1.54, 1.807) is 47.4 Å². The van der Waals surface area contributed by atoms with Crippen LogP contribution in [0.3, 0.4) is 0 Å². The van der Waals surface area contributed by atoms with Gasteiger partial charge in [-0.05, 0) is 18.2 Å². The molecule has 2 N–H and O–H groups in total. The molecule has 0 unspecified atom stereocenters. The third kappa shape index (κ3) is 3.36. The quantitative estimate of drug-likeness (QED) is 0.556. The molecule has 144 valence electrons. The van der Waals surface area contributed by atoms with E-state index in [4.69, 9.17) is 4.74 Å². The number of hydrogen-bond donors (Lipinski definition) is 2. The number of benzene rings is 2. The first-order valence-electron chi connectivity index (χ1n) is 9.04. The maximum absolute atomic E-state index is 14.0. The normalized spacial score (nSPS) is 12.9. The molecular formula is C21H16FN5O2. The molecule has 0 saturated heterocycles. The second kappa shape index (κ2) is 6.90. The van der Waals surface area contributed by atoms with Gasteiger partial charge >= 0.3 is 0 Å². The Balaban J connectivity index is 1.43. The molecule has 5 rings (SSSR count). The Kier molecular flexibility index (Phi) is 4.09. The molecular weight excluding hydrogens is 373 g/mol. The molecule has 8 heteroatoms. The fourth-order valence-electron chi connectivity index (χ4n) is 3.25. The van der Waals surface area contributed by atoms with Crippen LogP contribution >= 0.6 is 0 Å². The number of amides is 1. The number of anilines is 3. The van der Waals surface area contributed by atoms with E-state index in [0.29, 0.717) is 29.4 Å². The summed E-state index contributed by atoms with van der Waals surface area (Å²) in [6.07, 6.45) is 3.43. The highest BCUT2D eigenvalue weighted by Crippen LogP contribution is 2.32. The van der Waals surface area contributed by atoms with Crippen LogP contribution in [0.25, 0.3) is 10.9 Å². The van der Waals surface area contributed by atoms with Crippen LogP contribution in [-0.4, -0.2) is 27.3 Å². The monoisotopic (exact) mass is 389 g/mol. The molecule has 0 aliphatic carbocycles. The average molecular weight is 389 g/mol. The third-order valence-electron chi connectivity index (χ3n) is 4.69. The minimum absolute atomic E-state index is 0.00407. The number of aromatic nitrogens is 3. The number of halogens is 1. The first kappa shape index (κ1) is 17.2. The lowest BCUT2D eigenvalue weighted by Crippen LogP contribution is -2.25. The Morgan fingerprint density at radius 2 is 2.07 bits per heavy atom. The second-order valence-corrected chi connectivity index (χ2v) is 6.69. The summed E-state index contributed by atoms with van der Waals surface area (Å²) >= 11 is 0. The van der Waals surface area contributed by atoms with Crippen molar-refractivity contribution in [3.05, 3.63) is 72.3 Å². The van der Waals surface area contributed by atoms with Crippen LogP contribution in [0.15, 0.2) is 60.9 Å². The molecule has 0 atom stereocenters. The van der Waals surface area contributed by atoms with Crippen molar-refractivity contribution in [2.75, 3.05) is 17.2 Å². The minimum atomic E-state index is -0.260. The van der Waals surface area contributed by atoms with Gasteiger partial charge in [-0.15, -0.1) is 0 Å². The number of nitrogens with one attached hydrogen (secondary N) is 2. The molecule has 29 heavy (non-hydrogen) atoms. The lowest BCUT2D eigenvalue weighted by molar-refractivity contribution is -0.118. The Labute approximate surface area is 165 Å². The van der Waals surface area contributed by atoms with Gasteiger partial charge in [-0.3, -0.25) is 9.48 Å². The van der Waals surface area contributed by atoms with Crippen LogP contribution in [0, 0.1) is 5.82 Å². The number of rotatable bonds is 4. The van der Waals surface area contributed by atoms with Crippen LogP contribution < -0.4 is 15.4 Å². The molecule has 0 bridgehead atoms. The zero-order chi connectivity index (χ0) is 19.8. The number of carbonyl (C=O) groups is 1. The summed E-state index contributed by atoms with van der Waals surface area (Å²) < 4.78 is 21.2. The Morgan fingerprint density at radius 3 is 2.97 bits per heavy atom. The van der Waals surface area contributed by atoms with Gasteiger partial charge in [-0.25, -0.2) is 9.37 Å². The molecule has 0 saturated carbocycles. The van der Waals surface area contributed by atoms with Gasteiger partial charge in [0.2, 0.25) is 0 Å². The van der Waals surface area contributed by atoms with Gasteiger partial charge in [0.25, 0.3) is 5.91 Å². The molecule has 1 aliphatic rings. The highest BCUT2D eigenvalue weighted by atomic mass is 19.1. The average Bonchev–Trinajstić information content (AvgIpc) is 3.12. The van der Waals surface area contributed by atoms with E-state index in [1.807, 2.05) is 12.1 Å². The number of hydrogen-bond acceptors (Lipinski definition) is 5. The minimum Gasteiger partial charge on any atom is -0.482 e. The molecule has 3 heterocycles. The topological polar surface area (TPSA) is 81.1 Å². The van der Waals surface area contributed by atoms with E-state index < -0.39 is 0 Å². The van der Waals surface area contributed by atoms with Gasteiger partial charge < -0.3 is 15.4 Å². The van der Waals surface area contributed by atoms with Crippen molar-refractivity contribution < 1.29 is 13.9 Å². The largest absolute Gasteiger partial charge is 0.482 e. The van der Waals surface area contributed by atoms with E-state index in [2.05, 4.69) is 20.7 Å². The third-order valence-corrected chi connectivity index (χ3v) is 4.69. The SMILES string of the molecule is O=C1COc2cc(Nc3cc4c(cn3)cnn4Cc3ccccc3F)ccc2N1. The highest BCUT2D eigenvalue weighted by molar-refractivity contribution is 5.95. The molecule has 1 aliphatic heterocycles. The maximum Gasteiger partial charge on any atom is 0.262 e. The van der Waals surface area contributed by atoms with E-state index >= 15 is 0 Å². The molecule has 0 radical (unpaired) electrons. The van der Waals surface area contributed by atoms with E-state index in [-0.39, 0.29) is 18.3 Å². The van der Waals surface area contributed by atoms with Crippen molar-refractivity contribution >= 4 is 34.0 Å². The van der Waals surface area contributed by atoms with Crippen LogP contribution in [0.4, 0.5) is 21.6 Å². The zero-order valence-corrected chi connectivity index (χ0v) is 15.2. The molecule has 2 aromatic carbocycles. The fraction of sp³-hybridized carbons (Fsp3) is 0.0952. The van der Waals surface area contributed by atoms with Gasteiger partial charge in [0.05, 0.1) is 23.9 Å². The summed E-state index contributed by atoms with van der Waals surface area (Å²) in [7, 11) is 0. The smallest absolute Gasteiger partial charge is 0.262 e. The maximum atomic E-state index is 14.0. The zero-order valence-electron chi connectivity index (χ0n) is 15.2. The van der Waals surface area contributed by atoms with Crippen LogP contribution in [-0.2, 0) is 11.3 Å². The molecule has 2 aromatic heterocycles. The van der Waals surface area contributed by atoms with Gasteiger partial charge in [-0.2, -0.15) is 5.10 Å². The summed E-state index contributed by atoms with van der Waals surface area (Å²) in [6, 6.07) is 13.9. The fourth-order valence-corrected chi connectivity index (χ4v) is 3.25. The van der Waals surface area contributed by atoms with Gasteiger partial charge in [0, 0.05) is 35.0 Å². The Hall–Kier alpha value is -3.94. The lowest BCUT2D eigenvalue weighted by atomic mass is 10.2. The number of nitrogens with zero attached hydrogens (tertiary/aromatic N) is 3. The molecule has 7 nitrogen and oxygen atoms in total. The molecule has 1 amide bonds. The predicted molar refractivity (Wildman–Crippen MR) is 107 cm³/mol. The molecule has 0 spiro atoms. The van der Waals surface area contributed by atoms with Crippen LogP contribution in [0.2, 0.25) is 0 Å². The number of ether oxygens (including phenoxy) is 1. The van der Waals surface area contributed by atoms with Gasteiger partial charge in [0.1, 0.15) is 17.4 Å². The van der Waals surface area contributed by atoms with Crippen molar-refractivity contribution in [1.82, 2.24) is 14.8 Å². The lowest BCUT2D eigenvalue weighted by Gasteiger charge is -2.18. The van der Waals surface area contributed by atoms with Crippen molar-refractivity contribution in [1.29, 1.82) is 0 Å². The highest BCUT2D eigenvalue weighted by Gasteiger charge is 2.16. The van der Waals surface area contributed by atoms with Gasteiger partial charge in [-0.1, -0.05) is 18.2 Å². The van der Waals surface area contributed by atoms with Crippen LogP contribution in [0.5, 0.6) is 5.75 Å². The summed E-state index contributed by atoms with van der Waals surface area (Å²) in [6.45, 7) is 0.321.